The molecule has 4 heteroatoms. The van der Waals surface area contributed by atoms with Crippen molar-refractivity contribution in [3.8, 4) is 0 Å². The predicted octanol–water partition coefficient (Wildman–Crippen LogP) is -0.267. The predicted molar refractivity (Wildman–Crippen MR) is 29.5 cm³/mol. The van der Waals surface area contributed by atoms with Crippen LogP contribution >= 0.6 is 0 Å². The molecule has 0 heterocycles. The molecule has 0 spiro atoms. The molecule has 1 atom stereocenters. The maximum Gasteiger partial charge on any atom is 0.258 e. The van der Waals surface area contributed by atoms with Crippen molar-refractivity contribution in [1.82, 2.24) is 0 Å². The summed E-state index contributed by atoms with van der Waals surface area (Å²) in [5, 5.41) is 8.61. The number of hydrogen-bond donors (Lipinski definition) is 1. The van der Waals surface area contributed by atoms with E-state index in [2.05, 4.69) is 6.92 Å². The van der Waals surface area contributed by atoms with Crippen LogP contribution in [0.2, 0.25) is 0 Å². The molecule has 1 N–H and O–H groups in total. The molecule has 0 rings (SSSR count). The largest absolute Gasteiger partial charge is 0.409 e. The van der Waals surface area contributed by atoms with Gasteiger partial charge in [-0.25, -0.2) is 0 Å². The van der Waals surface area contributed by atoms with Gasteiger partial charge in [0.15, 0.2) is 0 Å². The molecule has 0 aliphatic carbocycles. The van der Waals surface area contributed by atoms with Gasteiger partial charge in [-0.3, -0.25) is 0 Å². The average molecular weight is 231 g/mol. The van der Waals surface area contributed by atoms with Crippen LogP contribution in [0.5, 0.6) is 0 Å². The molecule has 0 amide bonds. The Morgan fingerprint density at radius 2 is 2.00 bits per heavy atom. The number of aliphatic hydroxyl groups is 1. The van der Waals surface area contributed by atoms with Gasteiger partial charge in [0.2, 0.25) is 0 Å². The first-order valence-corrected chi connectivity index (χ1v) is 3.61. The summed E-state index contributed by atoms with van der Waals surface area (Å²) < 4.78 is 0. The summed E-state index contributed by atoms with van der Waals surface area (Å²) in [4.78, 5) is 0.0370. The van der Waals surface area contributed by atoms with Crippen LogP contribution in [-0.2, 0) is 36.5 Å². The van der Waals surface area contributed by atoms with E-state index < -0.39 is 0 Å². The first-order valence-electron chi connectivity index (χ1n) is 2.45. The quantitative estimate of drug-likeness (QED) is 0.649. The number of hydrogen-bond acceptors (Lipinski definition) is 1. The molecule has 1 unspecified atom stereocenters. The van der Waals surface area contributed by atoms with Crippen LogP contribution < -0.4 is 0 Å². The second kappa shape index (κ2) is 11.4. The molecular weight excluding hydrogens is 220 g/mol. The summed E-state index contributed by atoms with van der Waals surface area (Å²) in [5.41, 5.74) is 0. The van der Waals surface area contributed by atoms with E-state index in [9.17, 15) is 0 Å². The molecular formula is C4H11AlCuOZn. The van der Waals surface area contributed by atoms with Crippen molar-refractivity contribution in [3.63, 3.8) is 0 Å². The summed E-state index contributed by atoms with van der Waals surface area (Å²) >= 11 is 0.934. The first kappa shape index (κ1) is 16.3. The molecule has 0 bridgehead atoms. The molecule has 1 radical (unpaired) electrons. The molecule has 0 fully saturated rings. The van der Waals surface area contributed by atoms with Crippen molar-refractivity contribution in [2.45, 2.75) is 24.7 Å². The summed E-state index contributed by atoms with van der Waals surface area (Å²) in [7, 11) is 0. The van der Waals surface area contributed by atoms with E-state index in [1.54, 1.807) is 0 Å². The molecule has 1 nitrogen and oxygen atoms in total. The average Bonchev–Trinajstić information content (AvgIpc) is 1.35. The SMILES string of the molecule is CCC[CH](O)[AlH2].[Cu].[Zn]. The Morgan fingerprint density at radius 1 is 1.62 bits per heavy atom. The Kier molecular flexibility index (Phi) is 23.3. The van der Waals surface area contributed by atoms with Crippen LogP contribution in [0.4, 0.5) is 0 Å². The minimum Gasteiger partial charge on any atom is -0.409 e. The monoisotopic (exact) mass is 229 g/mol. The third kappa shape index (κ3) is 15.6. The topological polar surface area (TPSA) is 20.2 Å². The van der Waals surface area contributed by atoms with Crippen molar-refractivity contribution >= 4 is 16.3 Å². The Labute approximate surface area is 82.3 Å². The van der Waals surface area contributed by atoms with Crippen molar-refractivity contribution in [2.24, 2.45) is 0 Å². The van der Waals surface area contributed by atoms with Gasteiger partial charge in [-0.1, -0.05) is 13.3 Å². The molecule has 0 aromatic rings. The molecule has 0 aromatic carbocycles. The van der Waals surface area contributed by atoms with Crippen LogP contribution in [0.25, 0.3) is 0 Å². The van der Waals surface area contributed by atoms with E-state index in [0.29, 0.717) is 0 Å². The zero-order valence-corrected chi connectivity index (χ0v) is 11.4. The van der Waals surface area contributed by atoms with Gasteiger partial charge in [0, 0.05) is 36.5 Å². The van der Waals surface area contributed by atoms with Crippen LogP contribution in [0.3, 0.4) is 0 Å². The van der Waals surface area contributed by atoms with Crippen molar-refractivity contribution < 1.29 is 41.7 Å². The fourth-order valence-electron chi connectivity index (χ4n) is 0.418. The maximum absolute atomic E-state index is 8.61. The zero-order chi connectivity index (χ0) is 4.99. The third-order valence-electron chi connectivity index (χ3n) is 0.706. The zero-order valence-electron chi connectivity index (χ0n) is 5.45. The summed E-state index contributed by atoms with van der Waals surface area (Å²) in [6, 6.07) is 0. The van der Waals surface area contributed by atoms with E-state index >= 15 is 0 Å². The van der Waals surface area contributed by atoms with Crippen LogP contribution in [0.1, 0.15) is 19.8 Å². The maximum atomic E-state index is 8.61. The summed E-state index contributed by atoms with van der Waals surface area (Å²) in [5.74, 6) is 0. The minimum absolute atomic E-state index is 0. The van der Waals surface area contributed by atoms with Gasteiger partial charge >= 0.3 is 0 Å². The van der Waals surface area contributed by atoms with E-state index in [0.717, 1.165) is 29.1 Å². The fourth-order valence-corrected chi connectivity index (χ4v) is 0.995. The molecule has 0 saturated heterocycles. The van der Waals surface area contributed by atoms with E-state index in [-0.39, 0.29) is 41.5 Å². The molecule has 0 aliphatic heterocycles. The molecule has 0 saturated carbocycles. The molecule has 0 aliphatic rings. The Hall–Kier alpha value is 1.64. The Balaban J connectivity index is -0.000000125. The fraction of sp³-hybridized carbons (Fsp3) is 1.00. The van der Waals surface area contributed by atoms with E-state index in [4.69, 9.17) is 5.11 Å². The second-order valence-corrected chi connectivity index (χ2v) is 2.97. The number of aliphatic hydroxyl groups excluding tert-OH is 1. The van der Waals surface area contributed by atoms with Gasteiger partial charge in [0.25, 0.3) is 16.3 Å². The van der Waals surface area contributed by atoms with E-state index in [1.807, 2.05) is 0 Å². The number of rotatable bonds is 2. The Bertz CT molecular complexity index is 37.2. The van der Waals surface area contributed by atoms with E-state index in [1.165, 1.54) is 0 Å². The van der Waals surface area contributed by atoms with Gasteiger partial charge in [0.05, 0.1) is 0 Å². The van der Waals surface area contributed by atoms with Crippen LogP contribution in [-0.4, -0.2) is 26.4 Å². The van der Waals surface area contributed by atoms with Crippen molar-refractivity contribution in [1.29, 1.82) is 0 Å². The third-order valence-corrected chi connectivity index (χ3v) is 1.28. The smallest absolute Gasteiger partial charge is 0.258 e. The second-order valence-electron chi connectivity index (χ2n) is 1.64. The van der Waals surface area contributed by atoms with Gasteiger partial charge in [0.1, 0.15) is 0 Å². The van der Waals surface area contributed by atoms with Crippen molar-refractivity contribution in [2.75, 3.05) is 0 Å². The minimum atomic E-state index is 0. The summed E-state index contributed by atoms with van der Waals surface area (Å²) in [6.07, 6.45) is 2.11. The molecule has 0 aromatic heterocycles. The normalized spacial score (nSPS) is 10.8. The van der Waals surface area contributed by atoms with Gasteiger partial charge < -0.3 is 5.11 Å². The van der Waals surface area contributed by atoms with Gasteiger partial charge in [-0.05, 0) is 11.4 Å². The Morgan fingerprint density at radius 3 is 2.00 bits per heavy atom. The first-order chi connectivity index (χ1) is 2.77. The summed E-state index contributed by atoms with van der Waals surface area (Å²) in [6.45, 7) is 2.08. The van der Waals surface area contributed by atoms with Gasteiger partial charge in [-0.2, -0.15) is 0 Å². The van der Waals surface area contributed by atoms with Gasteiger partial charge in [-0.15, -0.1) is 0 Å². The molecule has 8 heavy (non-hydrogen) atoms. The molecule has 49 valence electrons. The van der Waals surface area contributed by atoms with Crippen LogP contribution in [0.15, 0.2) is 0 Å². The van der Waals surface area contributed by atoms with Crippen molar-refractivity contribution in [3.05, 3.63) is 0 Å². The standard InChI is InChI=1S/C4H9O.Al.Cu.Zn.2H/c1-2-3-4-5;;;;;/h4-5H,2-3H2,1H3;;;;;. The van der Waals surface area contributed by atoms with Crippen LogP contribution in [0, 0.1) is 0 Å².